The first-order chi connectivity index (χ1) is 13.9. The summed E-state index contributed by atoms with van der Waals surface area (Å²) in [7, 11) is 0. The number of benzene rings is 1. The Kier molecular flexibility index (Phi) is 6.79. The molecule has 0 bridgehead atoms. The van der Waals surface area contributed by atoms with Crippen LogP contribution in [0.2, 0.25) is 0 Å². The number of thiocarbonyl (C=S) groups is 1. The van der Waals surface area contributed by atoms with Crippen LogP contribution in [0.5, 0.6) is 0 Å². The van der Waals surface area contributed by atoms with Crippen LogP contribution in [0.15, 0.2) is 57.9 Å². The largest absolute Gasteiger partial charge is 0.481 e. The van der Waals surface area contributed by atoms with E-state index in [1.807, 2.05) is 6.07 Å². The van der Waals surface area contributed by atoms with E-state index >= 15 is 0 Å². The van der Waals surface area contributed by atoms with Gasteiger partial charge in [-0.25, -0.2) is 0 Å². The highest BCUT2D eigenvalue weighted by Gasteiger charge is 2.31. The van der Waals surface area contributed by atoms with Gasteiger partial charge in [-0.05, 0) is 30.7 Å². The maximum atomic E-state index is 12.5. The highest BCUT2D eigenvalue weighted by Crippen LogP contribution is 2.33. The Hall–Kier alpha value is -2.97. The van der Waals surface area contributed by atoms with Gasteiger partial charge in [-0.1, -0.05) is 54.3 Å². The van der Waals surface area contributed by atoms with E-state index in [4.69, 9.17) is 21.7 Å². The monoisotopic (exact) mass is 427 g/mol. The number of carbonyl (C=O) groups excluding carboxylic acids is 2. The van der Waals surface area contributed by atoms with Crippen molar-refractivity contribution in [2.24, 2.45) is 0 Å². The van der Waals surface area contributed by atoms with Gasteiger partial charge in [0, 0.05) is 24.6 Å². The third kappa shape index (κ3) is 5.52. The minimum Gasteiger partial charge on any atom is -0.481 e. The quantitative estimate of drug-likeness (QED) is 0.383. The number of ketones is 1. The molecular weight excluding hydrogens is 410 g/mol. The molecule has 0 atom stereocenters. The van der Waals surface area contributed by atoms with Gasteiger partial charge in [-0.15, -0.1) is 0 Å². The molecule has 1 fully saturated rings. The van der Waals surface area contributed by atoms with Crippen LogP contribution >= 0.6 is 24.0 Å². The number of carbonyl (C=O) groups is 3. The Balaban J connectivity index is 1.64. The van der Waals surface area contributed by atoms with Crippen molar-refractivity contribution in [2.45, 2.75) is 12.8 Å². The summed E-state index contributed by atoms with van der Waals surface area (Å²) in [6, 6.07) is 12.3. The third-order valence-corrected chi connectivity index (χ3v) is 5.40. The second-order valence-corrected chi connectivity index (χ2v) is 7.81. The lowest BCUT2D eigenvalue weighted by Crippen LogP contribution is -2.29. The van der Waals surface area contributed by atoms with E-state index in [1.54, 1.807) is 48.6 Å². The molecular formula is C21H17NO5S2. The van der Waals surface area contributed by atoms with Crippen molar-refractivity contribution in [3.63, 3.8) is 0 Å². The highest BCUT2D eigenvalue weighted by molar-refractivity contribution is 8.26. The third-order valence-electron chi connectivity index (χ3n) is 4.02. The minimum absolute atomic E-state index is 0.0221. The lowest BCUT2D eigenvalue weighted by atomic mass is 10.1. The van der Waals surface area contributed by atoms with Gasteiger partial charge < -0.3 is 9.52 Å². The highest BCUT2D eigenvalue weighted by atomic mass is 32.2. The number of allylic oxidation sites excluding steroid dienone is 1. The Morgan fingerprint density at radius 1 is 1.14 bits per heavy atom. The van der Waals surface area contributed by atoms with E-state index in [2.05, 4.69) is 0 Å². The number of thioether (sulfide) groups is 1. The van der Waals surface area contributed by atoms with Gasteiger partial charge in [0.2, 0.25) is 0 Å². The fraction of sp³-hybridized carbons (Fsp3) is 0.143. The molecule has 6 nitrogen and oxygen atoms in total. The molecule has 2 heterocycles. The van der Waals surface area contributed by atoms with Crippen molar-refractivity contribution in [2.75, 3.05) is 6.54 Å². The Morgan fingerprint density at radius 2 is 1.86 bits per heavy atom. The van der Waals surface area contributed by atoms with Crippen LogP contribution in [-0.4, -0.2) is 38.5 Å². The Bertz CT molecular complexity index is 1010. The number of rotatable bonds is 8. The molecule has 0 aliphatic carbocycles. The van der Waals surface area contributed by atoms with Crippen molar-refractivity contribution in [1.82, 2.24) is 4.90 Å². The van der Waals surface area contributed by atoms with Crippen LogP contribution in [0.3, 0.4) is 0 Å². The smallest absolute Gasteiger partial charge is 0.303 e. The van der Waals surface area contributed by atoms with Gasteiger partial charge in [0.05, 0.1) is 4.91 Å². The average molecular weight is 428 g/mol. The number of carboxylic acids is 1. The molecule has 0 spiro atoms. The molecule has 3 rings (SSSR count). The molecule has 8 heteroatoms. The van der Waals surface area contributed by atoms with Crippen molar-refractivity contribution >= 4 is 58.1 Å². The fourth-order valence-corrected chi connectivity index (χ4v) is 3.89. The van der Waals surface area contributed by atoms with E-state index in [-0.39, 0.29) is 24.7 Å². The van der Waals surface area contributed by atoms with E-state index in [1.165, 1.54) is 11.0 Å². The lowest BCUT2D eigenvalue weighted by molar-refractivity contribution is -0.137. The topological polar surface area (TPSA) is 87.8 Å². The van der Waals surface area contributed by atoms with Crippen LogP contribution in [0.4, 0.5) is 0 Å². The number of furan rings is 1. The number of hydrogen-bond acceptors (Lipinski definition) is 6. The maximum absolute atomic E-state index is 12.5. The van der Waals surface area contributed by atoms with Crippen molar-refractivity contribution in [3.8, 4) is 0 Å². The molecule has 2 aromatic rings. The van der Waals surface area contributed by atoms with Gasteiger partial charge >= 0.3 is 5.97 Å². The summed E-state index contributed by atoms with van der Waals surface area (Å²) < 4.78 is 6.04. The Labute approximate surface area is 176 Å². The summed E-state index contributed by atoms with van der Waals surface area (Å²) in [5.41, 5.74) is 0.585. The molecule has 29 heavy (non-hydrogen) atoms. The zero-order valence-corrected chi connectivity index (χ0v) is 16.9. The predicted molar refractivity (Wildman–Crippen MR) is 115 cm³/mol. The summed E-state index contributed by atoms with van der Waals surface area (Å²) >= 11 is 6.36. The fourth-order valence-electron chi connectivity index (χ4n) is 2.60. The molecule has 1 saturated heterocycles. The van der Waals surface area contributed by atoms with Crippen molar-refractivity contribution in [1.29, 1.82) is 0 Å². The van der Waals surface area contributed by atoms with Gasteiger partial charge in [0.25, 0.3) is 5.91 Å². The molecule has 0 radical (unpaired) electrons. The molecule has 1 amide bonds. The number of nitrogens with zero attached hydrogens (tertiary/aromatic N) is 1. The molecule has 1 aliphatic rings. The standard InChI is InChI=1S/C21H17NO5S2/c23-17(14-5-2-1-3-6-14)11-10-15-8-9-16(27-15)13-18-20(26)22(21(28)29-18)12-4-7-19(24)25/h1-3,5-6,8-11,13H,4,7,12H2,(H,24,25)/b11-10+,18-13-. The molecule has 1 aromatic carbocycles. The van der Waals surface area contributed by atoms with Crippen LogP contribution in [-0.2, 0) is 9.59 Å². The van der Waals surface area contributed by atoms with E-state index in [9.17, 15) is 14.4 Å². The first kappa shape index (κ1) is 20.8. The van der Waals surface area contributed by atoms with Gasteiger partial charge in [0.15, 0.2) is 5.78 Å². The predicted octanol–water partition coefficient (Wildman–Crippen LogP) is 4.24. The molecule has 1 aromatic heterocycles. The minimum atomic E-state index is -0.909. The summed E-state index contributed by atoms with van der Waals surface area (Å²) in [6.45, 7) is 0.266. The average Bonchev–Trinajstić information content (AvgIpc) is 3.26. The van der Waals surface area contributed by atoms with Gasteiger partial charge in [-0.3, -0.25) is 19.3 Å². The SMILES string of the molecule is O=C(O)CCCN1C(=O)/C(=C/c2ccc(/C=C/C(=O)c3ccccc3)o2)SC1=S. The molecule has 0 saturated carbocycles. The zero-order chi connectivity index (χ0) is 20.8. The second-order valence-electron chi connectivity index (χ2n) is 6.13. The van der Waals surface area contributed by atoms with Gasteiger partial charge in [0.1, 0.15) is 15.8 Å². The van der Waals surface area contributed by atoms with Crippen LogP contribution in [0.1, 0.15) is 34.7 Å². The summed E-state index contributed by atoms with van der Waals surface area (Å²) in [5.74, 6) is -0.364. The van der Waals surface area contributed by atoms with Crippen molar-refractivity contribution < 1.29 is 23.9 Å². The van der Waals surface area contributed by atoms with E-state index < -0.39 is 5.97 Å². The van der Waals surface area contributed by atoms with Crippen LogP contribution in [0.25, 0.3) is 12.2 Å². The summed E-state index contributed by atoms with van der Waals surface area (Å²) in [6.07, 6.45) is 4.91. The molecule has 1 aliphatic heterocycles. The molecule has 0 unspecified atom stereocenters. The first-order valence-electron chi connectivity index (χ1n) is 8.78. The second kappa shape index (κ2) is 9.49. The molecule has 1 N–H and O–H groups in total. The zero-order valence-electron chi connectivity index (χ0n) is 15.2. The summed E-state index contributed by atoms with van der Waals surface area (Å²) in [5, 5.41) is 8.72. The number of aliphatic carboxylic acids is 1. The van der Waals surface area contributed by atoms with Crippen LogP contribution < -0.4 is 0 Å². The number of carboxylic acid groups (broad SMARTS) is 1. The first-order valence-corrected chi connectivity index (χ1v) is 10.0. The summed E-state index contributed by atoms with van der Waals surface area (Å²) in [4.78, 5) is 37.0. The van der Waals surface area contributed by atoms with E-state index in [0.29, 0.717) is 32.7 Å². The van der Waals surface area contributed by atoms with Crippen molar-refractivity contribution in [3.05, 3.63) is 70.5 Å². The Morgan fingerprint density at radius 3 is 2.59 bits per heavy atom. The lowest BCUT2D eigenvalue weighted by Gasteiger charge is -2.13. The van der Waals surface area contributed by atoms with Gasteiger partial charge in [-0.2, -0.15) is 0 Å². The van der Waals surface area contributed by atoms with E-state index in [0.717, 1.165) is 11.8 Å². The number of amides is 1. The molecule has 148 valence electrons. The van der Waals surface area contributed by atoms with Crippen LogP contribution in [0, 0.1) is 0 Å². The normalized spacial score (nSPS) is 15.6. The number of hydrogen-bond donors (Lipinski definition) is 1. The maximum Gasteiger partial charge on any atom is 0.303 e.